The van der Waals surface area contributed by atoms with Crippen LogP contribution in [-0.2, 0) is 19.7 Å². The van der Waals surface area contributed by atoms with Crippen LogP contribution in [0.1, 0.15) is 5.56 Å². The Morgan fingerprint density at radius 3 is 2.76 bits per heavy atom. The first kappa shape index (κ1) is 13.6. The Morgan fingerprint density at radius 2 is 2.18 bits per heavy atom. The summed E-state index contributed by atoms with van der Waals surface area (Å²) >= 11 is 0. The van der Waals surface area contributed by atoms with E-state index >= 15 is 0 Å². The third-order valence-electron chi connectivity index (χ3n) is 1.82. The molecule has 1 aromatic rings. The summed E-state index contributed by atoms with van der Waals surface area (Å²) in [4.78, 5) is 16.1. The lowest BCUT2D eigenvalue weighted by molar-refractivity contribution is -0.123. The van der Waals surface area contributed by atoms with Gasteiger partial charge >= 0.3 is 0 Å². The van der Waals surface area contributed by atoms with E-state index in [9.17, 15) is 17.6 Å². The van der Waals surface area contributed by atoms with Crippen molar-refractivity contribution in [1.29, 1.82) is 0 Å². The molecule has 0 heterocycles. The van der Waals surface area contributed by atoms with Gasteiger partial charge in [-0.2, -0.15) is 0 Å². The van der Waals surface area contributed by atoms with Crippen LogP contribution in [0.2, 0.25) is 0 Å². The predicted molar refractivity (Wildman–Crippen MR) is 56.6 cm³/mol. The summed E-state index contributed by atoms with van der Waals surface area (Å²) in [6.07, 6.45) is 0. The minimum Gasteiger partial charge on any atom is -0.368 e. The molecule has 0 aliphatic carbocycles. The van der Waals surface area contributed by atoms with Crippen LogP contribution in [0.3, 0.4) is 0 Å². The molecular weight excluding hydrogens is 251 g/mol. The summed E-state index contributed by atoms with van der Waals surface area (Å²) in [6.45, 7) is 0.898. The Labute approximate surface area is 97.6 Å². The van der Waals surface area contributed by atoms with Gasteiger partial charge in [0.15, 0.2) is 0 Å². The molecule has 3 N–H and O–H groups in total. The number of nitrogens with two attached hydrogens (primary N) is 1. The second kappa shape index (κ2) is 5.21. The van der Waals surface area contributed by atoms with Gasteiger partial charge in [0.25, 0.3) is 10.0 Å². The van der Waals surface area contributed by atoms with Crippen molar-refractivity contribution >= 4 is 15.9 Å². The number of halogens is 1. The Hall–Kier alpha value is -1.51. The molecule has 0 aliphatic rings. The zero-order chi connectivity index (χ0) is 13.1. The smallest absolute Gasteiger partial charge is 0.262 e. The largest absolute Gasteiger partial charge is 0.368 e. The van der Waals surface area contributed by atoms with Crippen molar-refractivity contribution in [2.75, 3.05) is 6.61 Å². The molecular formula is C9H11FN2O4S. The lowest BCUT2D eigenvalue weighted by Gasteiger charge is -2.08. The lowest BCUT2D eigenvalue weighted by atomic mass is 10.2. The number of aryl methyl sites for hydroxylation is 1. The second-order valence-electron chi connectivity index (χ2n) is 3.25. The molecule has 0 aromatic heterocycles. The third kappa shape index (κ3) is 3.77. The van der Waals surface area contributed by atoms with Crippen molar-refractivity contribution in [1.82, 2.24) is 4.89 Å². The van der Waals surface area contributed by atoms with Crippen LogP contribution < -0.4 is 10.6 Å². The Morgan fingerprint density at radius 1 is 1.53 bits per heavy atom. The number of carbonyl (C=O) groups excluding carboxylic acids is 1. The summed E-state index contributed by atoms with van der Waals surface area (Å²) in [5.74, 6) is -1.52. The Bertz CT molecular complexity index is 530. The van der Waals surface area contributed by atoms with Crippen molar-refractivity contribution in [3.63, 3.8) is 0 Å². The maximum Gasteiger partial charge on any atom is 0.262 e. The van der Waals surface area contributed by atoms with Crippen molar-refractivity contribution in [3.05, 3.63) is 29.6 Å². The normalized spacial score (nSPS) is 11.4. The molecule has 0 spiro atoms. The average molecular weight is 262 g/mol. The first-order valence-corrected chi connectivity index (χ1v) is 5.99. The van der Waals surface area contributed by atoms with Gasteiger partial charge in [-0.15, -0.1) is 0 Å². The van der Waals surface area contributed by atoms with Crippen LogP contribution in [0.25, 0.3) is 0 Å². The number of primary amides is 1. The molecule has 8 heteroatoms. The van der Waals surface area contributed by atoms with Crippen LogP contribution in [0, 0.1) is 12.7 Å². The number of hydrogen-bond acceptors (Lipinski definition) is 4. The maximum absolute atomic E-state index is 12.9. The van der Waals surface area contributed by atoms with E-state index in [-0.39, 0.29) is 4.90 Å². The monoisotopic (exact) mass is 262 g/mol. The Balaban J connectivity index is 2.89. The summed E-state index contributed by atoms with van der Waals surface area (Å²) in [5.41, 5.74) is 5.10. The van der Waals surface area contributed by atoms with Gasteiger partial charge in [0, 0.05) is 0 Å². The molecule has 1 aromatic carbocycles. The fourth-order valence-corrected chi connectivity index (χ4v) is 2.15. The van der Waals surface area contributed by atoms with Gasteiger partial charge < -0.3 is 5.73 Å². The summed E-state index contributed by atoms with van der Waals surface area (Å²) in [7, 11) is -4.03. The zero-order valence-corrected chi connectivity index (χ0v) is 9.75. The van der Waals surface area contributed by atoms with Crippen molar-refractivity contribution in [3.8, 4) is 0 Å². The SMILES string of the molecule is Cc1ccc(F)cc1S(=O)(=O)NOCC(N)=O. The number of carbonyl (C=O) groups is 1. The molecule has 6 nitrogen and oxygen atoms in total. The summed E-state index contributed by atoms with van der Waals surface area (Å²) in [5, 5.41) is 0. The van der Waals surface area contributed by atoms with Gasteiger partial charge in [0.05, 0.1) is 4.90 Å². The average Bonchev–Trinajstić information content (AvgIpc) is 2.20. The number of sulfonamides is 1. The minimum absolute atomic E-state index is 0.262. The van der Waals surface area contributed by atoms with Gasteiger partial charge in [-0.3, -0.25) is 9.63 Å². The van der Waals surface area contributed by atoms with Crippen LogP contribution in [0.15, 0.2) is 23.1 Å². The van der Waals surface area contributed by atoms with Crippen LogP contribution in [0.4, 0.5) is 4.39 Å². The van der Waals surface area contributed by atoms with Crippen LogP contribution >= 0.6 is 0 Å². The first-order chi connectivity index (χ1) is 7.83. The summed E-state index contributed by atoms with van der Waals surface area (Å²) < 4.78 is 36.2. The fourth-order valence-electron chi connectivity index (χ4n) is 1.09. The van der Waals surface area contributed by atoms with E-state index in [0.717, 1.165) is 12.1 Å². The van der Waals surface area contributed by atoms with E-state index in [2.05, 4.69) is 4.84 Å². The lowest BCUT2D eigenvalue weighted by Crippen LogP contribution is -2.29. The van der Waals surface area contributed by atoms with E-state index in [1.54, 1.807) is 4.89 Å². The molecule has 1 amide bonds. The molecule has 1 rings (SSSR count). The molecule has 0 bridgehead atoms. The van der Waals surface area contributed by atoms with Crippen molar-refractivity contribution < 1.29 is 22.4 Å². The Kier molecular flexibility index (Phi) is 4.16. The molecule has 0 atom stereocenters. The molecule has 94 valence electrons. The van der Waals surface area contributed by atoms with Crippen molar-refractivity contribution in [2.24, 2.45) is 5.73 Å². The molecule has 0 fully saturated rings. The molecule has 0 saturated carbocycles. The topological polar surface area (TPSA) is 98.5 Å². The minimum atomic E-state index is -4.03. The quantitative estimate of drug-likeness (QED) is 0.720. The van der Waals surface area contributed by atoms with E-state index < -0.39 is 28.4 Å². The highest BCUT2D eigenvalue weighted by molar-refractivity contribution is 7.89. The van der Waals surface area contributed by atoms with E-state index in [1.807, 2.05) is 0 Å². The number of hydrogen-bond donors (Lipinski definition) is 2. The zero-order valence-electron chi connectivity index (χ0n) is 8.94. The first-order valence-electron chi connectivity index (χ1n) is 4.51. The fraction of sp³-hybridized carbons (Fsp3) is 0.222. The summed E-state index contributed by atoms with van der Waals surface area (Å²) in [6, 6.07) is 3.31. The standard InChI is InChI=1S/C9H11FN2O4S/c1-6-2-3-7(10)4-8(6)17(14,15)12-16-5-9(11)13/h2-4,12H,5H2,1H3,(H2,11,13). The number of amides is 1. The molecule has 17 heavy (non-hydrogen) atoms. The molecule has 0 saturated heterocycles. The number of nitrogens with one attached hydrogen (secondary N) is 1. The highest BCUT2D eigenvalue weighted by Gasteiger charge is 2.18. The van der Waals surface area contributed by atoms with Gasteiger partial charge in [0.2, 0.25) is 5.91 Å². The maximum atomic E-state index is 12.9. The van der Waals surface area contributed by atoms with Crippen molar-refractivity contribution in [2.45, 2.75) is 11.8 Å². The molecule has 0 aliphatic heterocycles. The number of benzene rings is 1. The van der Waals surface area contributed by atoms with Gasteiger partial charge in [-0.1, -0.05) is 11.0 Å². The molecule has 0 radical (unpaired) electrons. The second-order valence-corrected chi connectivity index (χ2v) is 4.86. The highest BCUT2D eigenvalue weighted by Crippen LogP contribution is 2.15. The van der Waals surface area contributed by atoms with Gasteiger partial charge in [0.1, 0.15) is 12.4 Å². The predicted octanol–water partition coefficient (Wildman–Crippen LogP) is -0.171. The number of rotatable bonds is 5. The van der Waals surface area contributed by atoms with E-state index in [1.165, 1.54) is 13.0 Å². The van der Waals surface area contributed by atoms with Crippen LogP contribution in [-0.4, -0.2) is 20.9 Å². The highest BCUT2D eigenvalue weighted by atomic mass is 32.2. The third-order valence-corrected chi connectivity index (χ3v) is 3.18. The van der Waals surface area contributed by atoms with E-state index in [4.69, 9.17) is 5.73 Å². The van der Waals surface area contributed by atoms with E-state index in [0.29, 0.717) is 5.56 Å². The van der Waals surface area contributed by atoms with Gasteiger partial charge in [-0.25, -0.2) is 12.8 Å². The van der Waals surface area contributed by atoms with Crippen LogP contribution in [0.5, 0.6) is 0 Å². The van der Waals surface area contributed by atoms with Gasteiger partial charge in [-0.05, 0) is 24.6 Å². The molecule has 0 unspecified atom stereocenters.